The number of aryl methyl sites for hydroxylation is 4. The van der Waals surface area contributed by atoms with Crippen molar-refractivity contribution in [3.63, 3.8) is 0 Å². The van der Waals surface area contributed by atoms with Crippen LogP contribution < -0.4 is 10.6 Å². The number of benzene rings is 2. The molecular formula is C35H28Cl2F2N8O2. The third-order valence-corrected chi connectivity index (χ3v) is 9.93. The predicted octanol–water partition coefficient (Wildman–Crippen LogP) is 7.90. The molecule has 1 fully saturated rings. The lowest BCUT2D eigenvalue weighted by atomic mass is 10.1. The molecule has 0 aliphatic heterocycles. The van der Waals surface area contributed by atoms with Gasteiger partial charge in [0.15, 0.2) is 11.3 Å². The van der Waals surface area contributed by atoms with E-state index in [9.17, 15) is 18.4 Å². The van der Waals surface area contributed by atoms with Crippen molar-refractivity contribution in [3.05, 3.63) is 115 Å². The van der Waals surface area contributed by atoms with Crippen molar-refractivity contribution in [2.24, 2.45) is 0 Å². The Bertz CT molecular complexity index is 2350. The van der Waals surface area contributed by atoms with Gasteiger partial charge in [0.05, 0.1) is 21.9 Å². The molecule has 2 amide bonds. The highest BCUT2D eigenvalue weighted by molar-refractivity contribution is 6.42. The molecule has 4 heterocycles. The molecule has 14 heteroatoms. The Morgan fingerprint density at radius 3 is 2.41 bits per heavy atom. The van der Waals surface area contributed by atoms with E-state index < -0.39 is 18.2 Å². The molecule has 0 bridgehead atoms. The fourth-order valence-electron chi connectivity index (χ4n) is 6.77. The van der Waals surface area contributed by atoms with Gasteiger partial charge in [-0.3, -0.25) is 9.59 Å². The second kappa shape index (κ2) is 11.9. The summed E-state index contributed by atoms with van der Waals surface area (Å²) in [6.07, 6.45) is 1.89. The first-order chi connectivity index (χ1) is 23.5. The van der Waals surface area contributed by atoms with E-state index in [2.05, 4.69) is 20.7 Å². The van der Waals surface area contributed by atoms with Gasteiger partial charge in [0.1, 0.15) is 16.8 Å². The number of rotatable bonds is 7. The molecule has 0 saturated heterocycles. The number of halogens is 4. The van der Waals surface area contributed by atoms with Gasteiger partial charge in [-0.15, -0.1) is 0 Å². The zero-order valence-corrected chi connectivity index (χ0v) is 27.8. The largest absolute Gasteiger partial charge is 0.322 e. The van der Waals surface area contributed by atoms with Gasteiger partial charge in [0, 0.05) is 40.3 Å². The fourth-order valence-corrected chi connectivity index (χ4v) is 7.06. The smallest absolute Gasteiger partial charge is 0.280 e. The molecule has 248 valence electrons. The number of hydrogen-bond acceptors (Lipinski definition) is 6. The number of nitrogens with zero attached hydrogens (tertiary/aromatic N) is 6. The number of aromatic nitrogens is 6. The van der Waals surface area contributed by atoms with E-state index in [0.29, 0.717) is 45.5 Å². The highest BCUT2D eigenvalue weighted by Gasteiger charge is 2.46. The summed E-state index contributed by atoms with van der Waals surface area (Å²) in [6, 6.07) is 13.7. The van der Waals surface area contributed by atoms with Crippen LogP contribution in [0.5, 0.6) is 0 Å². The summed E-state index contributed by atoms with van der Waals surface area (Å²) in [5.74, 6) is -1.64. The molecule has 2 N–H and O–H groups in total. The summed E-state index contributed by atoms with van der Waals surface area (Å²) >= 11 is 12.3. The zero-order valence-electron chi connectivity index (χ0n) is 26.3. The third-order valence-electron chi connectivity index (χ3n) is 9.19. The summed E-state index contributed by atoms with van der Waals surface area (Å²) in [5, 5.41) is 15.3. The van der Waals surface area contributed by atoms with Crippen molar-refractivity contribution in [2.45, 2.75) is 57.8 Å². The Morgan fingerprint density at radius 1 is 0.857 bits per heavy atom. The summed E-state index contributed by atoms with van der Waals surface area (Å²) < 4.78 is 31.5. The van der Waals surface area contributed by atoms with E-state index in [4.69, 9.17) is 33.3 Å². The van der Waals surface area contributed by atoms with Crippen molar-refractivity contribution >= 4 is 57.7 Å². The lowest BCUT2D eigenvalue weighted by Gasteiger charge is -2.10. The van der Waals surface area contributed by atoms with E-state index in [1.54, 1.807) is 22.7 Å². The van der Waals surface area contributed by atoms with Crippen LogP contribution in [0.3, 0.4) is 0 Å². The van der Waals surface area contributed by atoms with Crippen LogP contribution in [0.2, 0.25) is 10.0 Å². The fraction of sp³-hybridized carbons (Fsp3) is 0.257. The van der Waals surface area contributed by atoms with Gasteiger partial charge in [-0.2, -0.15) is 10.2 Å². The number of amides is 2. The average Bonchev–Trinajstić information content (AvgIpc) is 3.35. The summed E-state index contributed by atoms with van der Waals surface area (Å²) in [6.45, 7) is 3.69. The predicted molar refractivity (Wildman–Crippen MR) is 181 cm³/mol. The number of alkyl halides is 2. The minimum Gasteiger partial charge on any atom is -0.322 e. The molecule has 0 spiro atoms. The van der Waals surface area contributed by atoms with Crippen molar-refractivity contribution in [3.8, 4) is 0 Å². The van der Waals surface area contributed by atoms with Crippen molar-refractivity contribution in [1.82, 2.24) is 29.2 Å². The van der Waals surface area contributed by atoms with E-state index in [1.807, 2.05) is 38.1 Å². The topological polar surface area (TPSA) is 119 Å². The highest BCUT2D eigenvalue weighted by Crippen LogP contribution is 2.55. The first kappa shape index (κ1) is 31.3. The van der Waals surface area contributed by atoms with Crippen LogP contribution in [0.15, 0.2) is 54.7 Å². The lowest BCUT2D eigenvalue weighted by molar-refractivity contribution is 0.101. The normalized spacial score (nSPS) is 16.8. The maximum absolute atomic E-state index is 14.4. The van der Waals surface area contributed by atoms with Crippen LogP contribution in [0.25, 0.3) is 11.3 Å². The van der Waals surface area contributed by atoms with E-state index >= 15 is 0 Å². The molecule has 2 atom stereocenters. The Labute approximate surface area is 288 Å². The molecular weight excluding hydrogens is 673 g/mol. The Morgan fingerprint density at radius 2 is 1.61 bits per heavy atom. The van der Waals surface area contributed by atoms with Gasteiger partial charge < -0.3 is 10.6 Å². The summed E-state index contributed by atoms with van der Waals surface area (Å²) in [4.78, 5) is 36.7. The van der Waals surface area contributed by atoms with Crippen molar-refractivity contribution < 1.29 is 18.4 Å². The quantitative estimate of drug-likeness (QED) is 0.175. The average molecular weight is 702 g/mol. The molecule has 2 aliphatic rings. The third kappa shape index (κ3) is 5.58. The maximum Gasteiger partial charge on any atom is 0.280 e. The number of nitrogens with one attached hydrogen (secondary N) is 2. The second-order valence-electron chi connectivity index (χ2n) is 12.6. The molecule has 8 rings (SSSR count). The van der Waals surface area contributed by atoms with Gasteiger partial charge in [-0.25, -0.2) is 27.8 Å². The van der Waals surface area contributed by atoms with Gasteiger partial charge in [-0.05, 0) is 93.1 Å². The van der Waals surface area contributed by atoms with E-state index in [1.165, 1.54) is 23.4 Å². The Balaban J connectivity index is 1.15. The molecule has 1 saturated carbocycles. The standard InChI is InChI=1S/C35H28Cl2F2N8O2/c1-16-10-17(2)46-33(41-16)29(35(49)43-21-8-9-25(36)26(37)12-21)30(45-46)23-13-22(23)27-14-28(31(38)39)47-32(44-27)24(15-40-47)34(48)42-20-7-6-18-4-3-5-19(18)11-20/h6-12,14-15,22-23,31H,3-5,13H2,1-2H3,(H,42,48)(H,43,49). The first-order valence-corrected chi connectivity index (χ1v) is 16.5. The van der Waals surface area contributed by atoms with E-state index in [0.717, 1.165) is 29.5 Å². The van der Waals surface area contributed by atoms with Crippen LogP contribution in [0.4, 0.5) is 20.2 Å². The maximum atomic E-state index is 14.4. The van der Waals surface area contributed by atoms with Crippen LogP contribution >= 0.6 is 23.2 Å². The number of fused-ring (bicyclic) bond motifs is 3. The second-order valence-corrected chi connectivity index (χ2v) is 13.4. The molecule has 2 aliphatic carbocycles. The molecule has 2 unspecified atom stereocenters. The monoisotopic (exact) mass is 700 g/mol. The van der Waals surface area contributed by atoms with Crippen LogP contribution in [-0.4, -0.2) is 41.0 Å². The number of anilines is 2. The zero-order chi connectivity index (χ0) is 34.1. The molecule has 2 aromatic carbocycles. The van der Waals surface area contributed by atoms with Gasteiger partial charge in [0.2, 0.25) is 0 Å². The lowest BCUT2D eigenvalue weighted by Crippen LogP contribution is -2.14. The summed E-state index contributed by atoms with van der Waals surface area (Å²) in [7, 11) is 0. The highest BCUT2D eigenvalue weighted by atomic mass is 35.5. The Kier molecular flexibility index (Phi) is 7.60. The molecule has 6 aromatic rings. The molecule has 0 radical (unpaired) electrons. The van der Waals surface area contributed by atoms with Gasteiger partial charge >= 0.3 is 0 Å². The Hall–Kier alpha value is -4.94. The van der Waals surface area contributed by atoms with Crippen molar-refractivity contribution in [1.29, 1.82) is 0 Å². The van der Waals surface area contributed by atoms with Crippen LogP contribution in [0, 0.1) is 13.8 Å². The first-order valence-electron chi connectivity index (χ1n) is 15.8. The van der Waals surface area contributed by atoms with Crippen LogP contribution in [0.1, 0.15) is 91.4 Å². The number of carbonyl (C=O) groups excluding carboxylic acids is 2. The number of carbonyl (C=O) groups is 2. The van der Waals surface area contributed by atoms with E-state index in [-0.39, 0.29) is 39.3 Å². The van der Waals surface area contributed by atoms with Crippen LogP contribution in [-0.2, 0) is 12.8 Å². The van der Waals surface area contributed by atoms with Crippen molar-refractivity contribution in [2.75, 3.05) is 10.6 Å². The minimum absolute atomic E-state index is 0.0258. The molecule has 49 heavy (non-hydrogen) atoms. The summed E-state index contributed by atoms with van der Waals surface area (Å²) in [5.41, 5.74) is 6.15. The molecule has 10 nitrogen and oxygen atoms in total. The molecule has 4 aromatic heterocycles. The van der Waals surface area contributed by atoms with Gasteiger partial charge in [0.25, 0.3) is 18.2 Å². The number of hydrogen-bond donors (Lipinski definition) is 2. The SMILES string of the molecule is Cc1cc(C)n2nc(C3CC3c3cc(C(F)F)n4ncc(C(=O)Nc5ccc6c(c5)CCC6)c4n3)c(C(=O)Nc3ccc(Cl)c(Cl)c3)c2n1. The minimum atomic E-state index is -2.88. The van der Waals surface area contributed by atoms with Gasteiger partial charge in [-0.1, -0.05) is 29.3 Å².